The Morgan fingerprint density at radius 1 is 1.28 bits per heavy atom. The number of methoxy groups -OCH3 is 1. The second-order valence-electron chi connectivity index (χ2n) is 5.20. The Morgan fingerprint density at radius 3 is 2.52 bits per heavy atom. The van der Waals surface area contributed by atoms with Crippen molar-refractivity contribution in [3.8, 4) is 0 Å². The molecule has 2 unspecified atom stereocenters. The van der Waals surface area contributed by atoms with E-state index in [1.54, 1.807) is 30.3 Å². The molecule has 1 aliphatic rings. The van der Waals surface area contributed by atoms with Gasteiger partial charge in [0, 0.05) is 0 Å². The van der Waals surface area contributed by atoms with Crippen molar-refractivity contribution < 1.29 is 33.4 Å². The maximum atomic E-state index is 12.6. The highest BCUT2D eigenvalue weighted by Gasteiger charge is 2.46. The molecule has 2 rings (SSSR count). The van der Waals surface area contributed by atoms with Gasteiger partial charge >= 0.3 is 5.97 Å². The molecule has 1 aliphatic heterocycles. The lowest BCUT2D eigenvalue weighted by Gasteiger charge is -2.37. The van der Waals surface area contributed by atoms with Crippen molar-refractivity contribution >= 4 is 30.7 Å². The molecule has 0 spiro atoms. The molecule has 9 nitrogen and oxygen atoms in total. The molecule has 25 heavy (non-hydrogen) atoms. The lowest BCUT2D eigenvalue weighted by atomic mass is 9.96. The van der Waals surface area contributed by atoms with E-state index >= 15 is 0 Å². The number of carbonyl (C=O) groups excluding carboxylic acids is 5. The molecule has 1 saturated heterocycles. The number of piperazine rings is 1. The highest BCUT2D eigenvalue weighted by atomic mass is 16.5. The molecular formula is C16H16N2O7. The summed E-state index contributed by atoms with van der Waals surface area (Å²) in [4.78, 5) is 59.1. The summed E-state index contributed by atoms with van der Waals surface area (Å²) in [7, 11) is 1.13. The second-order valence-corrected chi connectivity index (χ2v) is 5.20. The second kappa shape index (κ2) is 8.04. The zero-order valence-corrected chi connectivity index (χ0v) is 13.3. The van der Waals surface area contributed by atoms with Gasteiger partial charge in [-0.05, 0) is 5.56 Å². The van der Waals surface area contributed by atoms with Crippen LogP contribution < -0.4 is 5.32 Å². The van der Waals surface area contributed by atoms with Gasteiger partial charge in [0.15, 0.2) is 12.1 Å². The minimum absolute atomic E-state index is 0.156. The quantitative estimate of drug-likeness (QED) is 0.512. The number of esters is 1. The summed E-state index contributed by atoms with van der Waals surface area (Å²) in [6.45, 7) is 0.156. The Kier molecular flexibility index (Phi) is 5.83. The van der Waals surface area contributed by atoms with Gasteiger partial charge in [-0.2, -0.15) is 0 Å². The maximum absolute atomic E-state index is 12.6. The zero-order chi connectivity index (χ0) is 18.4. The van der Waals surface area contributed by atoms with Gasteiger partial charge in [0.2, 0.25) is 12.3 Å². The SMILES string of the molecule is COC(=O)C[C@H]1C(=O)NC(C(OC=O)c2ccccc2)C(=O)N1C=O. The number of amides is 3. The van der Waals surface area contributed by atoms with Gasteiger partial charge in [0.1, 0.15) is 6.04 Å². The van der Waals surface area contributed by atoms with Crippen LogP contribution in [0.5, 0.6) is 0 Å². The molecule has 3 atom stereocenters. The number of nitrogens with one attached hydrogen (secondary N) is 1. The molecular weight excluding hydrogens is 332 g/mol. The number of hydrogen-bond acceptors (Lipinski definition) is 7. The van der Waals surface area contributed by atoms with E-state index in [9.17, 15) is 24.0 Å². The van der Waals surface area contributed by atoms with Crippen LogP contribution in [0.4, 0.5) is 0 Å². The average Bonchev–Trinajstić information content (AvgIpc) is 2.63. The normalized spacial score (nSPS) is 21.1. The smallest absolute Gasteiger partial charge is 0.308 e. The molecule has 3 amide bonds. The van der Waals surface area contributed by atoms with E-state index in [0.29, 0.717) is 10.5 Å². The van der Waals surface area contributed by atoms with E-state index in [-0.39, 0.29) is 12.9 Å². The molecule has 1 fully saturated rings. The fraction of sp³-hybridized carbons (Fsp3) is 0.312. The van der Waals surface area contributed by atoms with Crippen LogP contribution in [0, 0.1) is 0 Å². The number of carbonyl (C=O) groups is 5. The summed E-state index contributed by atoms with van der Waals surface area (Å²) in [5.74, 6) is -2.27. The molecule has 0 radical (unpaired) electrons. The van der Waals surface area contributed by atoms with E-state index in [1.165, 1.54) is 0 Å². The van der Waals surface area contributed by atoms with Crippen LogP contribution >= 0.6 is 0 Å². The number of nitrogens with zero attached hydrogens (tertiary/aromatic N) is 1. The first-order valence-electron chi connectivity index (χ1n) is 7.32. The van der Waals surface area contributed by atoms with Crippen LogP contribution in [0.1, 0.15) is 18.1 Å². The minimum Gasteiger partial charge on any atom is -0.469 e. The Balaban J connectivity index is 2.32. The summed E-state index contributed by atoms with van der Waals surface area (Å²) >= 11 is 0. The average molecular weight is 348 g/mol. The number of benzene rings is 1. The number of hydrogen-bond donors (Lipinski definition) is 1. The lowest BCUT2D eigenvalue weighted by molar-refractivity contribution is -0.161. The number of imide groups is 1. The molecule has 1 aromatic rings. The Labute approximate surface area is 142 Å². The van der Waals surface area contributed by atoms with Gasteiger partial charge in [-0.1, -0.05) is 30.3 Å². The van der Waals surface area contributed by atoms with E-state index in [0.717, 1.165) is 7.11 Å². The van der Waals surface area contributed by atoms with Gasteiger partial charge in [0.05, 0.1) is 13.5 Å². The third-order valence-electron chi connectivity index (χ3n) is 3.79. The van der Waals surface area contributed by atoms with Crippen molar-refractivity contribution in [2.45, 2.75) is 24.6 Å². The largest absolute Gasteiger partial charge is 0.469 e. The summed E-state index contributed by atoms with van der Waals surface area (Å²) < 4.78 is 9.43. The Bertz CT molecular complexity index is 676. The molecule has 0 aromatic heterocycles. The van der Waals surface area contributed by atoms with Crippen molar-refractivity contribution in [2.75, 3.05) is 7.11 Å². The summed E-state index contributed by atoms with van der Waals surface area (Å²) in [6, 6.07) is 5.68. The van der Waals surface area contributed by atoms with Crippen molar-refractivity contribution in [1.29, 1.82) is 0 Å². The van der Waals surface area contributed by atoms with Gasteiger partial charge in [0.25, 0.3) is 12.4 Å². The van der Waals surface area contributed by atoms with Crippen molar-refractivity contribution in [3.63, 3.8) is 0 Å². The molecule has 0 aliphatic carbocycles. The lowest BCUT2D eigenvalue weighted by Crippen LogP contribution is -2.65. The highest BCUT2D eigenvalue weighted by molar-refractivity contribution is 6.03. The van der Waals surface area contributed by atoms with Gasteiger partial charge < -0.3 is 14.8 Å². The molecule has 1 heterocycles. The summed E-state index contributed by atoms with van der Waals surface area (Å²) in [5, 5.41) is 2.41. The summed E-state index contributed by atoms with van der Waals surface area (Å²) in [5.41, 5.74) is 0.463. The first-order valence-corrected chi connectivity index (χ1v) is 7.32. The van der Waals surface area contributed by atoms with Crippen LogP contribution in [-0.2, 0) is 33.4 Å². The minimum atomic E-state index is -1.32. The first kappa shape index (κ1) is 18.1. The van der Waals surface area contributed by atoms with E-state index in [2.05, 4.69) is 10.1 Å². The molecule has 1 aromatic carbocycles. The molecule has 9 heteroatoms. The van der Waals surface area contributed by atoms with Crippen LogP contribution in [0.2, 0.25) is 0 Å². The highest BCUT2D eigenvalue weighted by Crippen LogP contribution is 2.25. The first-order chi connectivity index (χ1) is 12.0. The van der Waals surface area contributed by atoms with Gasteiger partial charge in [-0.25, -0.2) is 0 Å². The molecule has 132 valence electrons. The number of rotatable bonds is 7. The van der Waals surface area contributed by atoms with E-state index in [1.807, 2.05) is 0 Å². The van der Waals surface area contributed by atoms with E-state index < -0.39 is 42.4 Å². The third-order valence-corrected chi connectivity index (χ3v) is 3.79. The van der Waals surface area contributed by atoms with Gasteiger partial charge in [-0.15, -0.1) is 0 Å². The predicted molar refractivity (Wildman–Crippen MR) is 81.6 cm³/mol. The predicted octanol–water partition coefficient (Wildman–Crippen LogP) is -0.684. The Hall–Kier alpha value is -3.23. The topological polar surface area (TPSA) is 119 Å². The zero-order valence-electron chi connectivity index (χ0n) is 13.3. The van der Waals surface area contributed by atoms with Gasteiger partial charge in [-0.3, -0.25) is 28.9 Å². The maximum Gasteiger partial charge on any atom is 0.308 e. The van der Waals surface area contributed by atoms with Crippen molar-refractivity contribution in [3.05, 3.63) is 35.9 Å². The fourth-order valence-corrected chi connectivity index (χ4v) is 2.57. The van der Waals surface area contributed by atoms with Crippen LogP contribution in [-0.4, -0.2) is 54.8 Å². The Morgan fingerprint density at radius 2 is 1.96 bits per heavy atom. The third kappa shape index (κ3) is 3.82. The monoisotopic (exact) mass is 348 g/mol. The van der Waals surface area contributed by atoms with Crippen LogP contribution in [0.25, 0.3) is 0 Å². The van der Waals surface area contributed by atoms with Crippen molar-refractivity contribution in [2.24, 2.45) is 0 Å². The van der Waals surface area contributed by atoms with E-state index in [4.69, 9.17) is 4.74 Å². The number of ether oxygens (including phenoxy) is 2. The summed E-state index contributed by atoms with van der Waals surface area (Å²) in [6.07, 6.45) is -1.41. The fourth-order valence-electron chi connectivity index (χ4n) is 2.57. The molecule has 0 saturated carbocycles. The molecule has 1 N–H and O–H groups in total. The molecule has 0 bridgehead atoms. The standard InChI is InChI=1S/C16H16N2O7/c1-24-12(21)7-11-15(22)17-13(16(23)18(11)8-19)14(25-9-20)10-5-3-2-4-6-10/h2-6,8-9,11,13-14H,7H2,1H3,(H,17,22)/t11-,13?,14?/m0/s1. The van der Waals surface area contributed by atoms with Crippen molar-refractivity contribution in [1.82, 2.24) is 10.2 Å². The van der Waals surface area contributed by atoms with Crippen LogP contribution in [0.3, 0.4) is 0 Å². The van der Waals surface area contributed by atoms with Crippen LogP contribution in [0.15, 0.2) is 30.3 Å².